The van der Waals surface area contributed by atoms with Gasteiger partial charge in [-0.15, -0.1) is 6.58 Å². The van der Waals surface area contributed by atoms with E-state index in [1.807, 2.05) is 60.7 Å². The van der Waals surface area contributed by atoms with Crippen molar-refractivity contribution in [3.8, 4) is 5.75 Å². The van der Waals surface area contributed by atoms with Crippen molar-refractivity contribution in [2.45, 2.75) is 12.6 Å². The second-order valence-corrected chi connectivity index (χ2v) is 7.95. The lowest BCUT2D eigenvalue weighted by molar-refractivity contribution is -0.129. The first-order valence-corrected chi connectivity index (χ1v) is 10.5. The Morgan fingerprint density at radius 3 is 2.77 bits per heavy atom. The van der Waals surface area contributed by atoms with Gasteiger partial charge < -0.3 is 10.1 Å². The number of likely N-dealkylation sites (tertiary alicyclic amines) is 1. The van der Waals surface area contributed by atoms with Gasteiger partial charge in [0, 0.05) is 26.2 Å². The van der Waals surface area contributed by atoms with Gasteiger partial charge in [0.1, 0.15) is 5.75 Å². The van der Waals surface area contributed by atoms with Crippen LogP contribution in [0.1, 0.15) is 5.56 Å². The number of anilines is 1. The van der Waals surface area contributed by atoms with E-state index in [2.05, 4.69) is 22.2 Å². The molecule has 2 fully saturated rings. The number of ether oxygens (including phenoxy) is 1. The zero-order valence-electron chi connectivity index (χ0n) is 17.7. The molecular formula is C24H28N4O3. The molecule has 7 heteroatoms. The third-order valence-electron chi connectivity index (χ3n) is 5.93. The summed E-state index contributed by atoms with van der Waals surface area (Å²) in [6, 6.07) is 16.9. The molecule has 31 heavy (non-hydrogen) atoms. The smallest absolute Gasteiger partial charge is 0.247 e. The molecule has 2 aliphatic rings. The van der Waals surface area contributed by atoms with Crippen molar-refractivity contribution in [3.05, 3.63) is 72.8 Å². The average Bonchev–Trinajstić information content (AvgIpc) is 3.14. The molecule has 0 aliphatic carbocycles. The zero-order valence-corrected chi connectivity index (χ0v) is 17.7. The average molecular weight is 421 g/mol. The molecule has 7 nitrogen and oxygen atoms in total. The molecule has 2 aromatic rings. The van der Waals surface area contributed by atoms with E-state index in [1.54, 1.807) is 12.1 Å². The van der Waals surface area contributed by atoms with Crippen molar-refractivity contribution in [2.75, 3.05) is 31.8 Å². The van der Waals surface area contributed by atoms with E-state index >= 15 is 0 Å². The van der Waals surface area contributed by atoms with Crippen LogP contribution in [0.2, 0.25) is 0 Å². The third kappa shape index (κ3) is 4.47. The van der Waals surface area contributed by atoms with Gasteiger partial charge >= 0.3 is 0 Å². The SMILES string of the molecule is C=CCN1CC(C(=O)NCc2cccc(OC)c2)C2NN(c3ccccc3)C(=O)C2C1. The number of benzene rings is 2. The largest absolute Gasteiger partial charge is 0.497 e. The lowest BCUT2D eigenvalue weighted by Crippen LogP contribution is -2.57. The number of methoxy groups -OCH3 is 1. The highest BCUT2D eigenvalue weighted by molar-refractivity contribution is 5.98. The first-order valence-electron chi connectivity index (χ1n) is 10.5. The van der Waals surface area contributed by atoms with Gasteiger partial charge in [0.25, 0.3) is 0 Å². The summed E-state index contributed by atoms with van der Waals surface area (Å²) in [6.07, 6.45) is 1.81. The number of rotatable bonds is 7. The van der Waals surface area contributed by atoms with Gasteiger partial charge in [-0.2, -0.15) is 0 Å². The molecule has 2 saturated heterocycles. The van der Waals surface area contributed by atoms with Crippen molar-refractivity contribution in [1.29, 1.82) is 0 Å². The van der Waals surface area contributed by atoms with Crippen LogP contribution in [0.25, 0.3) is 0 Å². The van der Waals surface area contributed by atoms with Crippen LogP contribution in [0.5, 0.6) is 5.75 Å². The molecule has 162 valence electrons. The highest BCUT2D eigenvalue weighted by atomic mass is 16.5. The summed E-state index contributed by atoms with van der Waals surface area (Å²) in [5.74, 6) is 0.0315. The number of fused-ring (bicyclic) bond motifs is 1. The Bertz CT molecular complexity index is 949. The quantitative estimate of drug-likeness (QED) is 0.670. The fourth-order valence-corrected chi connectivity index (χ4v) is 4.39. The molecule has 0 saturated carbocycles. The Hall–Kier alpha value is -3.16. The van der Waals surface area contributed by atoms with E-state index in [0.29, 0.717) is 26.2 Å². The van der Waals surface area contributed by atoms with E-state index in [4.69, 9.17) is 4.74 Å². The molecule has 2 amide bonds. The van der Waals surface area contributed by atoms with E-state index in [0.717, 1.165) is 17.0 Å². The number of para-hydroxylation sites is 1. The molecule has 3 unspecified atom stereocenters. The van der Waals surface area contributed by atoms with E-state index in [1.165, 1.54) is 0 Å². The second kappa shape index (κ2) is 9.32. The Labute approximate surface area is 182 Å². The fraction of sp³-hybridized carbons (Fsp3) is 0.333. The fourth-order valence-electron chi connectivity index (χ4n) is 4.39. The molecule has 0 aromatic heterocycles. The maximum absolute atomic E-state index is 13.2. The van der Waals surface area contributed by atoms with Gasteiger partial charge in [0.2, 0.25) is 11.8 Å². The van der Waals surface area contributed by atoms with Crippen LogP contribution in [-0.2, 0) is 16.1 Å². The monoisotopic (exact) mass is 420 g/mol. The molecule has 2 aromatic carbocycles. The van der Waals surface area contributed by atoms with E-state index in [9.17, 15) is 9.59 Å². The van der Waals surface area contributed by atoms with Crippen LogP contribution in [0.15, 0.2) is 67.3 Å². The van der Waals surface area contributed by atoms with Gasteiger partial charge in [-0.3, -0.25) is 14.5 Å². The lowest BCUT2D eigenvalue weighted by atomic mass is 9.84. The van der Waals surface area contributed by atoms with E-state index < -0.39 is 0 Å². The van der Waals surface area contributed by atoms with Gasteiger partial charge in [0.15, 0.2) is 0 Å². The minimum Gasteiger partial charge on any atom is -0.497 e. The number of piperidine rings is 1. The minimum atomic E-state index is -0.359. The maximum Gasteiger partial charge on any atom is 0.247 e. The number of amides is 2. The van der Waals surface area contributed by atoms with Gasteiger partial charge in [-0.25, -0.2) is 10.4 Å². The number of nitrogens with zero attached hydrogens (tertiary/aromatic N) is 2. The van der Waals surface area contributed by atoms with Crippen LogP contribution < -0.4 is 20.5 Å². The molecule has 0 bridgehead atoms. The number of carbonyl (C=O) groups is 2. The number of carbonyl (C=O) groups excluding carboxylic acids is 2. The third-order valence-corrected chi connectivity index (χ3v) is 5.93. The summed E-state index contributed by atoms with van der Waals surface area (Å²) in [6.45, 7) is 6.04. The van der Waals surface area contributed by atoms with Crippen LogP contribution in [0.3, 0.4) is 0 Å². The second-order valence-electron chi connectivity index (χ2n) is 7.95. The van der Waals surface area contributed by atoms with Crippen molar-refractivity contribution in [3.63, 3.8) is 0 Å². The van der Waals surface area contributed by atoms with Crippen molar-refractivity contribution >= 4 is 17.5 Å². The van der Waals surface area contributed by atoms with Gasteiger partial charge in [0.05, 0.1) is 30.7 Å². The standard InChI is InChI=1S/C24H28N4O3/c1-3-12-27-15-20(23(29)25-14-17-8-7-11-19(13-17)31-2)22-21(16-27)24(30)28(26-22)18-9-5-4-6-10-18/h3-11,13,20-22,26H,1,12,14-16H2,2H3,(H,25,29). The molecule has 0 radical (unpaired) electrons. The van der Waals surface area contributed by atoms with Crippen LogP contribution in [-0.4, -0.2) is 49.5 Å². The molecular weight excluding hydrogens is 392 g/mol. The summed E-state index contributed by atoms with van der Waals surface area (Å²) < 4.78 is 5.26. The molecule has 2 heterocycles. The normalized spacial score (nSPS) is 23.3. The lowest BCUT2D eigenvalue weighted by Gasteiger charge is -2.37. The predicted octanol–water partition coefficient (Wildman–Crippen LogP) is 1.97. The molecule has 2 N–H and O–H groups in total. The molecule has 0 spiro atoms. The summed E-state index contributed by atoms with van der Waals surface area (Å²) >= 11 is 0. The Balaban J connectivity index is 1.51. The number of hydrazine groups is 1. The molecule has 3 atom stereocenters. The van der Waals surface area contributed by atoms with E-state index in [-0.39, 0.29) is 29.7 Å². The highest BCUT2D eigenvalue weighted by Crippen LogP contribution is 2.32. The van der Waals surface area contributed by atoms with Crippen LogP contribution >= 0.6 is 0 Å². The minimum absolute atomic E-state index is 0.00411. The highest BCUT2D eigenvalue weighted by Gasteiger charge is 2.50. The molecule has 2 aliphatic heterocycles. The number of nitrogens with one attached hydrogen (secondary N) is 2. The predicted molar refractivity (Wildman–Crippen MR) is 119 cm³/mol. The number of hydrogen-bond donors (Lipinski definition) is 2. The van der Waals surface area contributed by atoms with Gasteiger partial charge in [-0.1, -0.05) is 36.4 Å². The summed E-state index contributed by atoms with van der Waals surface area (Å²) in [5, 5.41) is 4.64. The first kappa shape index (κ1) is 21.1. The summed E-state index contributed by atoms with van der Waals surface area (Å²) in [7, 11) is 1.62. The Morgan fingerprint density at radius 2 is 2.03 bits per heavy atom. The maximum atomic E-state index is 13.2. The van der Waals surface area contributed by atoms with Crippen LogP contribution in [0.4, 0.5) is 5.69 Å². The topological polar surface area (TPSA) is 73.9 Å². The van der Waals surface area contributed by atoms with Crippen molar-refractivity contribution in [1.82, 2.24) is 15.6 Å². The van der Waals surface area contributed by atoms with Crippen molar-refractivity contribution < 1.29 is 14.3 Å². The summed E-state index contributed by atoms with van der Waals surface area (Å²) in [4.78, 5) is 28.5. The zero-order chi connectivity index (χ0) is 21.8. The van der Waals surface area contributed by atoms with Crippen molar-refractivity contribution in [2.24, 2.45) is 11.8 Å². The van der Waals surface area contributed by atoms with Crippen LogP contribution in [0, 0.1) is 11.8 Å². The Morgan fingerprint density at radius 1 is 1.23 bits per heavy atom. The summed E-state index contributed by atoms with van der Waals surface area (Å²) in [5.41, 5.74) is 5.07. The molecule has 4 rings (SSSR count). The Kier molecular flexibility index (Phi) is 6.34. The first-order chi connectivity index (χ1) is 15.1. The van der Waals surface area contributed by atoms with Gasteiger partial charge in [-0.05, 0) is 29.8 Å². The number of hydrogen-bond acceptors (Lipinski definition) is 5.